The predicted octanol–water partition coefficient (Wildman–Crippen LogP) is 4.36. The number of halogens is 2. The van der Waals surface area contributed by atoms with E-state index in [-0.39, 0.29) is 23.3 Å². The molecule has 1 atom stereocenters. The molecule has 0 bridgehead atoms. The Morgan fingerprint density at radius 2 is 1.89 bits per heavy atom. The van der Waals surface area contributed by atoms with Crippen LogP contribution in [-0.2, 0) is 6.42 Å². The molecule has 144 valence electrons. The first-order valence-corrected chi connectivity index (χ1v) is 9.49. The van der Waals surface area contributed by atoms with Gasteiger partial charge in [-0.05, 0) is 43.7 Å². The predicted molar refractivity (Wildman–Crippen MR) is 99.4 cm³/mol. The van der Waals surface area contributed by atoms with Crippen LogP contribution < -0.4 is 0 Å². The summed E-state index contributed by atoms with van der Waals surface area (Å²) in [6.07, 6.45) is 6.03. The van der Waals surface area contributed by atoms with Crippen molar-refractivity contribution in [3.05, 3.63) is 59.2 Å². The van der Waals surface area contributed by atoms with E-state index in [0.717, 1.165) is 18.7 Å². The summed E-state index contributed by atoms with van der Waals surface area (Å²) in [4.78, 5) is 23.1. The minimum Gasteiger partial charge on any atom is -0.338 e. The van der Waals surface area contributed by atoms with E-state index >= 15 is 0 Å². The van der Waals surface area contributed by atoms with Crippen LogP contribution in [0, 0.1) is 17.6 Å². The summed E-state index contributed by atoms with van der Waals surface area (Å²) >= 11 is 0. The molecule has 0 radical (unpaired) electrons. The number of likely N-dealkylation sites (tertiary alicyclic amines) is 1. The number of carbonyl (C=O) groups is 1. The lowest BCUT2D eigenvalue weighted by molar-refractivity contribution is 0.0667. The molecule has 1 fully saturated rings. The Morgan fingerprint density at radius 3 is 2.52 bits per heavy atom. The Morgan fingerprint density at radius 1 is 1.22 bits per heavy atom. The summed E-state index contributed by atoms with van der Waals surface area (Å²) in [5, 5.41) is 0. The number of aromatic nitrogens is 2. The zero-order chi connectivity index (χ0) is 19.4. The lowest BCUT2D eigenvalue weighted by atomic mass is 9.91. The molecule has 1 aromatic carbocycles. The van der Waals surface area contributed by atoms with Gasteiger partial charge in [-0.15, -0.1) is 0 Å². The summed E-state index contributed by atoms with van der Waals surface area (Å²) in [6, 6.07) is 3.95. The van der Waals surface area contributed by atoms with Gasteiger partial charge in [-0.2, -0.15) is 0 Å². The standard InChI is InChI=1S/C21H25F2N3O/c1-14(2)20-24-11-16(12-25-20)21(27)26-10-4-5-15(13-26)8-9-17-18(22)6-3-7-19(17)23/h3,6-7,11-12,14-15H,4-5,8-10,13H2,1-2H3. The van der Waals surface area contributed by atoms with Gasteiger partial charge in [-0.1, -0.05) is 19.9 Å². The molecule has 0 aliphatic carbocycles. The number of amides is 1. The second-order valence-electron chi connectivity index (χ2n) is 7.48. The molecular weight excluding hydrogens is 348 g/mol. The summed E-state index contributed by atoms with van der Waals surface area (Å²) in [7, 11) is 0. The Balaban J connectivity index is 1.61. The second kappa shape index (κ2) is 8.55. The van der Waals surface area contributed by atoms with E-state index in [1.165, 1.54) is 18.2 Å². The average Bonchev–Trinajstić information content (AvgIpc) is 2.67. The van der Waals surface area contributed by atoms with Crippen LogP contribution in [0.15, 0.2) is 30.6 Å². The van der Waals surface area contributed by atoms with Gasteiger partial charge in [0.15, 0.2) is 0 Å². The molecule has 6 heteroatoms. The molecule has 1 aliphatic heterocycles. The van der Waals surface area contributed by atoms with Gasteiger partial charge in [0.1, 0.15) is 17.5 Å². The maximum Gasteiger partial charge on any atom is 0.256 e. The number of rotatable bonds is 5. The molecule has 0 saturated carbocycles. The minimum atomic E-state index is -0.499. The molecule has 2 heterocycles. The molecule has 0 spiro atoms. The molecule has 27 heavy (non-hydrogen) atoms. The fourth-order valence-electron chi connectivity index (χ4n) is 3.53. The third kappa shape index (κ3) is 4.67. The number of benzene rings is 1. The monoisotopic (exact) mass is 373 g/mol. The third-order valence-electron chi connectivity index (χ3n) is 5.11. The van der Waals surface area contributed by atoms with E-state index < -0.39 is 11.6 Å². The van der Waals surface area contributed by atoms with Crippen molar-refractivity contribution in [2.24, 2.45) is 5.92 Å². The molecule has 1 amide bonds. The molecule has 3 rings (SSSR count). The Kier molecular flexibility index (Phi) is 6.14. The lowest BCUT2D eigenvalue weighted by Gasteiger charge is -2.33. The Bertz CT molecular complexity index is 772. The number of hydrogen-bond acceptors (Lipinski definition) is 3. The minimum absolute atomic E-state index is 0.0768. The van der Waals surface area contributed by atoms with Crippen molar-refractivity contribution in [3.63, 3.8) is 0 Å². The first-order chi connectivity index (χ1) is 13.0. The van der Waals surface area contributed by atoms with E-state index in [9.17, 15) is 13.6 Å². The third-order valence-corrected chi connectivity index (χ3v) is 5.11. The van der Waals surface area contributed by atoms with Crippen LogP contribution in [0.5, 0.6) is 0 Å². The van der Waals surface area contributed by atoms with Crippen molar-refractivity contribution in [2.75, 3.05) is 13.1 Å². The van der Waals surface area contributed by atoms with Crippen molar-refractivity contribution < 1.29 is 13.6 Å². The van der Waals surface area contributed by atoms with Gasteiger partial charge in [-0.25, -0.2) is 18.7 Å². The molecule has 1 saturated heterocycles. The highest BCUT2D eigenvalue weighted by Gasteiger charge is 2.25. The zero-order valence-electron chi connectivity index (χ0n) is 15.8. The number of hydrogen-bond donors (Lipinski definition) is 0. The number of piperidine rings is 1. The van der Waals surface area contributed by atoms with Gasteiger partial charge in [0.05, 0.1) is 5.56 Å². The van der Waals surface area contributed by atoms with Crippen LogP contribution in [0.4, 0.5) is 8.78 Å². The SMILES string of the molecule is CC(C)c1ncc(C(=O)N2CCCC(CCc3c(F)cccc3F)C2)cn1. The van der Waals surface area contributed by atoms with Gasteiger partial charge in [0, 0.05) is 37.0 Å². The van der Waals surface area contributed by atoms with Crippen molar-refractivity contribution in [2.45, 2.75) is 45.4 Å². The highest BCUT2D eigenvalue weighted by atomic mass is 19.1. The van der Waals surface area contributed by atoms with Crippen molar-refractivity contribution in [3.8, 4) is 0 Å². The Labute approximate surface area is 158 Å². The number of nitrogens with zero attached hydrogens (tertiary/aromatic N) is 3. The van der Waals surface area contributed by atoms with E-state index in [2.05, 4.69) is 9.97 Å². The smallest absolute Gasteiger partial charge is 0.256 e. The molecule has 0 N–H and O–H groups in total. The summed E-state index contributed by atoms with van der Waals surface area (Å²) in [5.74, 6) is 0.0918. The topological polar surface area (TPSA) is 46.1 Å². The average molecular weight is 373 g/mol. The van der Waals surface area contributed by atoms with E-state index in [1.807, 2.05) is 13.8 Å². The van der Waals surface area contributed by atoms with Crippen LogP contribution in [-0.4, -0.2) is 33.9 Å². The van der Waals surface area contributed by atoms with Gasteiger partial charge in [-0.3, -0.25) is 4.79 Å². The van der Waals surface area contributed by atoms with Crippen molar-refractivity contribution in [1.29, 1.82) is 0 Å². The fraction of sp³-hybridized carbons (Fsp3) is 0.476. The second-order valence-corrected chi connectivity index (χ2v) is 7.48. The summed E-state index contributed by atoms with van der Waals surface area (Å²) in [6.45, 7) is 5.30. The van der Waals surface area contributed by atoms with Crippen LogP contribution in [0.2, 0.25) is 0 Å². The van der Waals surface area contributed by atoms with Gasteiger partial charge in [0.2, 0.25) is 0 Å². The molecule has 4 nitrogen and oxygen atoms in total. The lowest BCUT2D eigenvalue weighted by Crippen LogP contribution is -2.40. The number of carbonyl (C=O) groups excluding carboxylic acids is 1. The normalized spacial score (nSPS) is 17.4. The summed E-state index contributed by atoms with van der Waals surface area (Å²) < 4.78 is 27.6. The van der Waals surface area contributed by atoms with E-state index in [1.54, 1.807) is 17.3 Å². The van der Waals surface area contributed by atoms with Crippen LogP contribution in [0.3, 0.4) is 0 Å². The molecular formula is C21H25F2N3O. The van der Waals surface area contributed by atoms with Crippen LogP contribution in [0.1, 0.15) is 60.8 Å². The fourth-order valence-corrected chi connectivity index (χ4v) is 3.53. The highest BCUT2D eigenvalue weighted by Crippen LogP contribution is 2.24. The zero-order valence-corrected chi connectivity index (χ0v) is 15.8. The van der Waals surface area contributed by atoms with E-state index in [0.29, 0.717) is 31.5 Å². The largest absolute Gasteiger partial charge is 0.338 e. The maximum atomic E-state index is 13.8. The first kappa shape index (κ1) is 19.4. The van der Waals surface area contributed by atoms with Gasteiger partial charge >= 0.3 is 0 Å². The molecule has 1 aromatic heterocycles. The van der Waals surface area contributed by atoms with Gasteiger partial charge in [0.25, 0.3) is 5.91 Å². The highest BCUT2D eigenvalue weighted by molar-refractivity contribution is 5.93. The molecule has 1 unspecified atom stereocenters. The Hall–Kier alpha value is -2.37. The molecule has 1 aliphatic rings. The van der Waals surface area contributed by atoms with Crippen molar-refractivity contribution in [1.82, 2.24) is 14.9 Å². The quantitative estimate of drug-likeness (QED) is 0.782. The maximum absolute atomic E-state index is 13.8. The molecule has 2 aromatic rings. The van der Waals surface area contributed by atoms with Crippen LogP contribution in [0.25, 0.3) is 0 Å². The first-order valence-electron chi connectivity index (χ1n) is 9.49. The van der Waals surface area contributed by atoms with Crippen molar-refractivity contribution >= 4 is 5.91 Å². The van der Waals surface area contributed by atoms with Crippen LogP contribution >= 0.6 is 0 Å². The van der Waals surface area contributed by atoms with Gasteiger partial charge < -0.3 is 4.90 Å². The van der Waals surface area contributed by atoms with E-state index in [4.69, 9.17) is 0 Å². The summed E-state index contributed by atoms with van der Waals surface area (Å²) in [5.41, 5.74) is 0.624.